The number of carbonyl (C=O) groups is 1. The summed E-state index contributed by atoms with van der Waals surface area (Å²) in [5.41, 5.74) is 2.90. The maximum atomic E-state index is 12.5. The van der Waals surface area contributed by atoms with Crippen LogP contribution in [0.25, 0.3) is 16.7 Å². The Labute approximate surface area is 165 Å². The van der Waals surface area contributed by atoms with E-state index in [-0.39, 0.29) is 11.7 Å². The maximum absolute atomic E-state index is 12.5. The molecule has 0 radical (unpaired) electrons. The second-order valence-corrected chi connectivity index (χ2v) is 7.18. The van der Waals surface area contributed by atoms with Crippen molar-refractivity contribution < 1.29 is 9.53 Å². The normalized spacial score (nSPS) is 15.8. The fraction of sp³-hybridized carbons (Fsp3) is 0.143. The predicted molar refractivity (Wildman–Crippen MR) is 106 cm³/mol. The van der Waals surface area contributed by atoms with Crippen molar-refractivity contribution in [1.29, 1.82) is 0 Å². The van der Waals surface area contributed by atoms with Crippen LogP contribution in [-0.4, -0.2) is 25.5 Å². The Hall–Kier alpha value is -3.25. The van der Waals surface area contributed by atoms with Crippen molar-refractivity contribution in [3.63, 3.8) is 0 Å². The quantitative estimate of drug-likeness (QED) is 0.495. The number of ketones is 1. The van der Waals surface area contributed by atoms with Gasteiger partial charge < -0.3 is 4.74 Å². The molecule has 0 bridgehead atoms. The third-order valence-electron chi connectivity index (χ3n) is 4.95. The van der Waals surface area contributed by atoms with Gasteiger partial charge in [-0.2, -0.15) is 5.10 Å². The number of nitrogens with zero attached hydrogens (tertiary/aromatic N) is 4. The molecule has 2 aromatic carbocycles. The molecule has 1 aliphatic rings. The van der Waals surface area contributed by atoms with Crippen molar-refractivity contribution in [1.82, 2.24) is 19.7 Å². The number of Topliss-reactive ketones (excluding diaryl/α,β-unsaturated/α-hetero) is 1. The van der Waals surface area contributed by atoms with Crippen LogP contribution in [0.3, 0.4) is 0 Å². The Kier molecular flexibility index (Phi) is 3.87. The second-order valence-electron chi connectivity index (χ2n) is 6.77. The molecule has 1 aliphatic carbocycles. The van der Waals surface area contributed by atoms with Crippen LogP contribution in [0.4, 0.5) is 0 Å². The van der Waals surface area contributed by atoms with Gasteiger partial charge in [0.25, 0.3) is 0 Å². The largest absolute Gasteiger partial charge is 0.437 e. The van der Waals surface area contributed by atoms with E-state index in [0.717, 1.165) is 11.3 Å². The van der Waals surface area contributed by atoms with Gasteiger partial charge in [0.2, 0.25) is 5.88 Å². The summed E-state index contributed by atoms with van der Waals surface area (Å²) in [6.07, 6.45) is 3.53. The molecule has 0 fully saturated rings. The molecule has 2 aromatic heterocycles. The van der Waals surface area contributed by atoms with E-state index >= 15 is 0 Å². The molecule has 0 saturated heterocycles. The number of hydrogen-bond acceptors (Lipinski definition) is 5. The predicted octanol–water partition coefficient (Wildman–Crippen LogP) is 4.95. The van der Waals surface area contributed by atoms with Crippen LogP contribution in [0.15, 0.2) is 55.0 Å². The SMILES string of the molecule is C[C@H]1CC(=O)c2c(Oc3ncnc4c3cnn4-c3ccccc3)ccc(Cl)c21. The summed E-state index contributed by atoms with van der Waals surface area (Å²) in [5, 5.41) is 5.68. The summed E-state index contributed by atoms with van der Waals surface area (Å²) in [6.45, 7) is 1.99. The van der Waals surface area contributed by atoms with Gasteiger partial charge in [-0.05, 0) is 35.7 Å². The van der Waals surface area contributed by atoms with Crippen molar-refractivity contribution in [3.05, 3.63) is 71.1 Å². The molecule has 5 rings (SSSR count). The van der Waals surface area contributed by atoms with Gasteiger partial charge in [0.05, 0.1) is 17.4 Å². The summed E-state index contributed by atoms with van der Waals surface area (Å²) < 4.78 is 7.80. The lowest BCUT2D eigenvalue weighted by molar-refractivity contribution is 0.0988. The van der Waals surface area contributed by atoms with Gasteiger partial charge in [0.1, 0.15) is 17.5 Å². The standard InChI is InChI=1S/C21H15ClN4O2/c1-12-9-16(27)19-17(8-7-15(22)18(12)19)28-21-14-10-25-26(20(14)23-11-24-21)13-5-3-2-4-6-13/h2-8,10-12H,9H2,1H3/t12-/m0/s1. The molecular weight excluding hydrogens is 376 g/mol. The fourth-order valence-electron chi connectivity index (χ4n) is 3.68. The summed E-state index contributed by atoms with van der Waals surface area (Å²) in [5.74, 6) is 0.917. The molecule has 0 N–H and O–H groups in total. The van der Waals surface area contributed by atoms with E-state index in [0.29, 0.717) is 39.7 Å². The highest BCUT2D eigenvalue weighted by molar-refractivity contribution is 6.32. The Morgan fingerprint density at radius 2 is 1.96 bits per heavy atom. The van der Waals surface area contributed by atoms with Crippen molar-refractivity contribution in [2.75, 3.05) is 0 Å². The lowest BCUT2D eigenvalue weighted by atomic mass is 10.0. The van der Waals surface area contributed by atoms with Crippen LogP contribution in [0.5, 0.6) is 11.6 Å². The number of ether oxygens (including phenoxy) is 1. The van der Waals surface area contributed by atoms with E-state index in [9.17, 15) is 4.79 Å². The van der Waals surface area contributed by atoms with Crippen molar-refractivity contribution in [2.45, 2.75) is 19.3 Å². The minimum atomic E-state index is 0.0327. The first-order valence-corrected chi connectivity index (χ1v) is 9.29. The molecule has 138 valence electrons. The van der Waals surface area contributed by atoms with Gasteiger partial charge in [-0.1, -0.05) is 36.7 Å². The van der Waals surface area contributed by atoms with Crippen LogP contribution in [-0.2, 0) is 0 Å². The molecular formula is C21H15ClN4O2. The third-order valence-corrected chi connectivity index (χ3v) is 5.28. The number of carbonyl (C=O) groups excluding carboxylic acids is 1. The molecule has 0 unspecified atom stereocenters. The first-order chi connectivity index (χ1) is 13.6. The van der Waals surface area contributed by atoms with Gasteiger partial charge in [-0.15, -0.1) is 0 Å². The number of para-hydroxylation sites is 1. The summed E-state index contributed by atoms with van der Waals surface area (Å²) in [7, 11) is 0. The molecule has 1 atom stereocenters. The monoisotopic (exact) mass is 390 g/mol. The van der Waals surface area contributed by atoms with E-state index in [4.69, 9.17) is 16.3 Å². The van der Waals surface area contributed by atoms with Crippen LogP contribution in [0.2, 0.25) is 5.02 Å². The molecule has 0 amide bonds. The topological polar surface area (TPSA) is 69.9 Å². The molecule has 7 heteroatoms. The van der Waals surface area contributed by atoms with Gasteiger partial charge in [0.15, 0.2) is 11.4 Å². The molecule has 0 aliphatic heterocycles. The highest BCUT2D eigenvalue weighted by Crippen LogP contribution is 2.43. The average Bonchev–Trinajstić information content (AvgIpc) is 3.27. The lowest BCUT2D eigenvalue weighted by Crippen LogP contribution is -2.00. The van der Waals surface area contributed by atoms with Gasteiger partial charge in [-0.3, -0.25) is 4.79 Å². The number of hydrogen-bond donors (Lipinski definition) is 0. The lowest BCUT2D eigenvalue weighted by Gasteiger charge is -2.12. The number of benzene rings is 2. The zero-order chi connectivity index (χ0) is 19.3. The molecule has 0 saturated carbocycles. The van der Waals surface area contributed by atoms with E-state index in [1.54, 1.807) is 23.0 Å². The highest BCUT2D eigenvalue weighted by atomic mass is 35.5. The summed E-state index contributed by atoms with van der Waals surface area (Å²) in [6, 6.07) is 13.2. The smallest absolute Gasteiger partial charge is 0.233 e. The van der Waals surface area contributed by atoms with Crippen molar-refractivity contribution >= 4 is 28.4 Å². The minimum Gasteiger partial charge on any atom is -0.437 e. The van der Waals surface area contributed by atoms with Crippen LogP contribution in [0.1, 0.15) is 35.2 Å². The third kappa shape index (κ3) is 2.57. The first-order valence-electron chi connectivity index (χ1n) is 8.91. The maximum Gasteiger partial charge on any atom is 0.233 e. The average molecular weight is 391 g/mol. The Balaban J connectivity index is 1.61. The number of fused-ring (bicyclic) bond motifs is 2. The fourth-order valence-corrected chi connectivity index (χ4v) is 4.02. The molecule has 4 aromatic rings. The minimum absolute atomic E-state index is 0.0327. The van der Waals surface area contributed by atoms with Gasteiger partial charge in [0, 0.05) is 11.4 Å². The van der Waals surface area contributed by atoms with E-state index in [1.807, 2.05) is 37.3 Å². The number of rotatable bonds is 3. The Morgan fingerprint density at radius 3 is 2.79 bits per heavy atom. The van der Waals surface area contributed by atoms with Crippen molar-refractivity contribution in [2.24, 2.45) is 0 Å². The van der Waals surface area contributed by atoms with E-state index < -0.39 is 0 Å². The van der Waals surface area contributed by atoms with Crippen LogP contribution < -0.4 is 4.74 Å². The van der Waals surface area contributed by atoms with Crippen LogP contribution >= 0.6 is 11.6 Å². The molecule has 28 heavy (non-hydrogen) atoms. The summed E-state index contributed by atoms with van der Waals surface area (Å²) >= 11 is 6.32. The molecule has 2 heterocycles. The Bertz CT molecular complexity index is 1220. The van der Waals surface area contributed by atoms with Crippen molar-refractivity contribution in [3.8, 4) is 17.3 Å². The van der Waals surface area contributed by atoms with E-state index in [1.165, 1.54) is 6.33 Å². The molecule has 0 spiro atoms. The summed E-state index contributed by atoms with van der Waals surface area (Å²) in [4.78, 5) is 21.1. The van der Waals surface area contributed by atoms with E-state index in [2.05, 4.69) is 15.1 Å². The van der Waals surface area contributed by atoms with Crippen LogP contribution in [0, 0.1) is 0 Å². The Morgan fingerprint density at radius 1 is 1.14 bits per heavy atom. The molecule has 6 nitrogen and oxygen atoms in total. The first kappa shape index (κ1) is 16.9. The number of halogens is 1. The zero-order valence-corrected chi connectivity index (χ0v) is 15.7. The zero-order valence-electron chi connectivity index (χ0n) is 15.0. The second kappa shape index (κ2) is 6.42. The number of aromatic nitrogens is 4. The van der Waals surface area contributed by atoms with Gasteiger partial charge >= 0.3 is 0 Å². The highest BCUT2D eigenvalue weighted by Gasteiger charge is 2.32. The van der Waals surface area contributed by atoms with Gasteiger partial charge in [-0.25, -0.2) is 14.6 Å².